The van der Waals surface area contributed by atoms with Crippen LogP contribution in [0, 0.1) is 0 Å². The Labute approximate surface area is 38.0 Å². The maximum absolute atomic E-state index is 8.44. The molecule has 0 aliphatic carbocycles. The predicted octanol–water partition coefficient (Wildman–Crippen LogP) is -0.252. The van der Waals surface area contributed by atoms with Gasteiger partial charge in [-0.1, -0.05) is 0 Å². The highest BCUT2D eigenvalue weighted by atomic mass is 32.2. The highest BCUT2D eigenvalue weighted by Crippen LogP contribution is 1.42. The SMILES string of the molecule is O=S([O-])[O-].[NH4+].[NH4+]. The summed E-state index contributed by atoms with van der Waals surface area (Å²) < 4.78 is 25.3. The molecule has 0 saturated carbocycles. The summed E-state index contributed by atoms with van der Waals surface area (Å²) in [6.07, 6.45) is 0. The fourth-order valence-corrected chi connectivity index (χ4v) is 0. The molecular formula is H8N2O3S. The maximum Gasteiger partial charge on any atom is -0.142 e. The van der Waals surface area contributed by atoms with E-state index in [9.17, 15) is 0 Å². The van der Waals surface area contributed by atoms with Crippen LogP contribution < -0.4 is 12.3 Å². The van der Waals surface area contributed by atoms with Gasteiger partial charge in [-0.15, -0.1) is 11.4 Å². The van der Waals surface area contributed by atoms with Gasteiger partial charge in [-0.25, -0.2) is 0 Å². The number of rotatable bonds is 0. The topological polar surface area (TPSA) is 136 Å². The minimum absolute atomic E-state index is 0. The molecule has 42 valence electrons. The van der Waals surface area contributed by atoms with Gasteiger partial charge >= 0.3 is 0 Å². The second-order valence-corrected chi connectivity index (χ2v) is 0.612. The van der Waals surface area contributed by atoms with Gasteiger partial charge in [0.05, 0.1) is 0 Å². The van der Waals surface area contributed by atoms with E-state index in [2.05, 4.69) is 0 Å². The molecule has 0 amide bonds. The minimum Gasteiger partial charge on any atom is -0.784 e. The van der Waals surface area contributed by atoms with E-state index in [0.717, 1.165) is 0 Å². The average Bonchev–Trinajstić information content (AvgIpc) is 0.811. The van der Waals surface area contributed by atoms with E-state index in [0.29, 0.717) is 0 Å². The highest BCUT2D eigenvalue weighted by Gasteiger charge is 1.20. The summed E-state index contributed by atoms with van der Waals surface area (Å²) in [5.41, 5.74) is 0. The van der Waals surface area contributed by atoms with Gasteiger partial charge in [0.1, 0.15) is 0 Å². The summed E-state index contributed by atoms with van der Waals surface area (Å²) in [7, 11) is 0. The molecule has 0 spiro atoms. The Morgan fingerprint density at radius 3 is 1.17 bits per heavy atom. The Kier molecular flexibility index (Phi) is 24.7. The van der Waals surface area contributed by atoms with Gasteiger partial charge in [-0.05, 0) is 0 Å². The third-order valence-electron chi connectivity index (χ3n) is 0. The van der Waals surface area contributed by atoms with Crippen LogP contribution in [-0.4, -0.2) is 13.3 Å². The van der Waals surface area contributed by atoms with Crippen LogP contribution in [0.15, 0.2) is 0 Å². The van der Waals surface area contributed by atoms with E-state index in [1.807, 2.05) is 0 Å². The summed E-state index contributed by atoms with van der Waals surface area (Å²) in [6, 6.07) is 0. The molecule has 0 aliphatic heterocycles. The molecule has 0 aromatic rings. The Hall–Kier alpha value is -0.0100. The molecule has 0 aliphatic rings. The molecule has 0 aromatic carbocycles. The van der Waals surface area contributed by atoms with Crippen molar-refractivity contribution >= 4 is 11.4 Å². The lowest BCUT2D eigenvalue weighted by molar-refractivity contribution is 0.419. The van der Waals surface area contributed by atoms with Crippen LogP contribution >= 0.6 is 0 Å². The van der Waals surface area contributed by atoms with Gasteiger partial charge in [0.25, 0.3) is 0 Å². The second-order valence-electron chi connectivity index (χ2n) is 0.204. The lowest BCUT2D eigenvalue weighted by Gasteiger charge is -2.03. The Balaban J connectivity index is -0.0000000450. The summed E-state index contributed by atoms with van der Waals surface area (Å²) in [6.45, 7) is 0. The average molecular weight is 116 g/mol. The molecule has 0 saturated heterocycles. The summed E-state index contributed by atoms with van der Waals surface area (Å²) in [4.78, 5) is 0. The molecule has 0 atom stereocenters. The van der Waals surface area contributed by atoms with Crippen molar-refractivity contribution in [3.8, 4) is 0 Å². The fourth-order valence-electron chi connectivity index (χ4n) is 0. The molecule has 0 aromatic heterocycles. The third kappa shape index (κ3) is 357000. The van der Waals surface area contributed by atoms with Crippen LogP contribution in [-0.2, 0) is 11.4 Å². The molecule has 0 unspecified atom stereocenters. The predicted molar refractivity (Wildman–Crippen MR) is 21.7 cm³/mol. The first-order chi connectivity index (χ1) is 1.73. The zero-order valence-electron chi connectivity index (χ0n) is 3.63. The van der Waals surface area contributed by atoms with Crippen molar-refractivity contribution in [3.63, 3.8) is 0 Å². The Morgan fingerprint density at radius 1 is 1.17 bits per heavy atom. The van der Waals surface area contributed by atoms with E-state index in [1.165, 1.54) is 0 Å². The smallest absolute Gasteiger partial charge is 0.142 e. The van der Waals surface area contributed by atoms with Gasteiger partial charge in [0.2, 0.25) is 0 Å². The van der Waals surface area contributed by atoms with Crippen molar-refractivity contribution in [1.29, 1.82) is 0 Å². The lowest BCUT2D eigenvalue weighted by Crippen LogP contribution is -1.76. The van der Waals surface area contributed by atoms with Gasteiger partial charge in [-0.3, -0.25) is 4.21 Å². The first-order valence-corrected chi connectivity index (χ1v) is 1.50. The first kappa shape index (κ1) is 16.7. The van der Waals surface area contributed by atoms with E-state index in [1.54, 1.807) is 0 Å². The molecule has 6 heteroatoms. The Bertz CT molecular complexity index is 31.8. The van der Waals surface area contributed by atoms with Crippen LogP contribution in [0.25, 0.3) is 0 Å². The molecule has 0 heterocycles. The molecule has 5 nitrogen and oxygen atoms in total. The van der Waals surface area contributed by atoms with E-state index >= 15 is 0 Å². The van der Waals surface area contributed by atoms with Gasteiger partial charge in [-0.2, -0.15) is 0 Å². The van der Waals surface area contributed by atoms with Crippen LogP contribution in [0.1, 0.15) is 0 Å². The molecule has 8 N–H and O–H groups in total. The normalized spacial score (nSPS) is 5.83. The number of quaternary nitrogens is 2. The highest BCUT2D eigenvalue weighted by molar-refractivity contribution is 7.72. The largest absolute Gasteiger partial charge is 0.784 e. The molecule has 6 heavy (non-hydrogen) atoms. The lowest BCUT2D eigenvalue weighted by atomic mass is 14.0. The van der Waals surface area contributed by atoms with Crippen molar-refractivity contribution < 1.29 is 13.3 Å². The third-order valence-corrected chi connectivity index (χ3v) is 0. The second kappa shape index (κ2) is 8.89. The van der Waals surface area contributed by atoms with Crippen molar-refractivity contribution in [3.05, 3.63) is 0 Å². The van der Waals surface area contributed by atoms with Crippen LogP contribution in [0.5, 0.6) is 0 Å². The maximum atomic E-state index is 8.44. The van der Waals surface area contributed by atoms with Crippen LogP contribution in [0.3, 0.4) is 0 Å². The molecule has 0 rings (SSSR count). The minimum atomic E-state index is -3.11. The molecule has 0 bridgehead atoms. The van der Waals surface area contributed by atoms with Gasteiger partial charge in [0, 0.05) is 0 Å². The fraction of sp³-hybridized carbons (Fsp3) is 0. The number of hydrogen-bond donors (Lipinski definition) is 2. The molecule has 0 radical (unpaired) electrons. The summed E-state index contributed by atoms with van der Waals surface area (Å²) in [5.74, 6) is 0. The zero-order valence-corrected chi connectivity index (χ0v) is 4.45. The zero-order chi connectivity index (χ0) is 3.58. The number of hydrogen-bond acceptors (Lipinski definition) is 3. The summed E-state index contributed by atoms with van der Waals surface area (Å²) >= 11 is -3.11. The standard InChI is InChI=1S/2H3N.H2O3S/c;;1-4(2)3/h2*1H3;(H2,1,2,3). The summed E-state index contributed by atoms with van der Waals surface area (Å²) in [5, 5.41) is 0. The molecule has 0 fully saturated rings. The van der Waals surface area contributed by atoms with E-state index in [4.69, 9.17) is 13.3 Å². The molecular weight excluding hydrogens is 108 g/mol. The van der Waals surface area contributed by atoms with Crippen molar-refractivity contribution in [2.24, 2.45) is 0 Å². The van der Waals surface area contributed by atoms with Gasteiger partial charge in [0.15, 0.2) is 0 Å². The van der Waals surface area contributed by atoms with Crippen molar-refractivity contribution in [1.82, 2.24) is 12.3 Å². The first-order valence-electron chi connectivity index (χ1n) is 0.500. The van der Waals surface area contributed by atoms with E-state index < -0.39 is 11.4 Å². The van der Waals surface area contributed by atoms with E-state index in [-0.39, 0.29) is 12.3 Å². The van der Waals surface area contributed by atoms with Gasteiger partial charge < -0.3 is 21.4 Å². The quantitative estimate of drug-likeness (QED) is 0.422. The van der Waals surface area contributed by atoms with Crippen molar-refractivity contribution in [2.45, 2.75) is 0 Å². The Morgan fingerprint density at radius 2 is 1.17 bits per heavy atom. The van der Waals surface area contributed by atoms with Crippen LogP contribution in [0.4, 0.5) is 0 Å². The van der Waals surface area contributed by atoms with Crippen LogP contribution in [0.2, 0.25) is 0 Å². The van der Waals surface area contributed by atoms with Crippen molar-refractivity contribution in [2.75, 3.05) is 0 Å². The monoisotopic (exact) mass is 116 g/mol.